The summed E-state index contributed by atoms with van der Waals surface area (Å²) in [6.07, 6.45) is 1.75. The van der Waals surface area contributed by atoms with Crippen LogP contribution in [0.2, 0.25) is 0 Å². The molecule has 1 aromatic carbocycles. The number of aromatic nitrogens is 3. The smallest absolute Gasteiger partial charge is 0.291 e. The molecule has 0 spiro atoms. The van der Waals surface area contributed by atoms with Crippen molar-refractivity contribution in [3.05, 3.63) is 40.8 Å². The maximum Gasteiger partial charge on any atom is 0.291 e. The first-order valence-electron chi connectivity index (χ1n) is 5.09. The summed E-state index contributed by atoms with van der Waals surface area (Å²) in [7, 11) is 3.57. The van der Waals surface area contributed by atoms with E-state index in [1.54, 1.807) is 13.2 Å². The van der Waals surface area contributed by atoms with E-state index in [1.165, 1.54) is 4.68 Å². The lowest BCUT2D eigenvalue weighted by Crippen LogP contribution is -2.20. The highest BCUT2D eigenvalue weighted by atomic mass is 16.1. The molecule has 0 amide bonds. The number of fused-ring (bicyclic) bond motifs is 3. The molecule has 80 valence electrons. The fourth-order valence-corrected chi connectivity index (χ4v) is 2.16. The fraction of sp³-hybridized carbons (Fsp3) is 0.167. The molecule has 0 fully saturated rings. The van der Waals surface area contributed by atoms with E-state index >= 15 is 0 Å². The Morgan fingerprint density at radius 3 is 2.69 bits per heavy atom. The van der Waals surface area contributed by atoms with Gasteiger partial charge in [-0.2, -0.15) is 5.10 Å². The minimum atomic E-state index is -0.0591. The standard InChI is InChI=1S/C12H11N3O/c1-14-10-6-4-3-5-8(10)9-7-13-15(2)12(16)11(9)14/h3-7H,1-2H3. The Hall–Kier alpha value is -2.10. The van der Waals surface area contributed by atoms with Gasteiger partial charge in [0, 0.05) is 30.4 Å². The van der Waals surface area contributed by atoms with Gasteiger partial charge in [0.1, 0.15) is 5.52 Å². The van der Waals surface area contributed by atoms with E-state index < -0.39 is 0 Å². The van der Waals surface area contributed by atoms with Gasteiger partial charge in [0.25, 0.3) is 5.56 Å². The lowest BCUT2D eigenvalue weighted by atomic mass is 10.2. The van der Waals surface area contributed by atoms with Gasteiger partial charge < -0.3 is 4.57 Å². The summed E-state index contributed by atoms with van der Waals surface area (Å²) in [4.78, 5) is 12.0. The molecule has 0 bridgehead atoms. The van der Waals surface area contributed by atoms with Crippen LogP contribution in [0.1, 0.15) is 0 Å². The number of nitrogens with zero attached hydrogens (tertiary/aromatic N) is 3. The van der Waals surface area contributed by atoms with Gasteiger partial charge in [0.05, 0.1) is 6.20 Å². The Balaban J connectivity index is 2.73. The van der Waals surface area contributed by atoms with Crippen molar-refractivity contribution in [2.45, 2.75) is 0 Å². The van der Waals surface area contributed by atoms with Gasteiger partial charge in [0.15, 0.2) is 0 Å². The molecule has 0 N–H and O–H groups in total. The van der Waals surface area contributed by atoms with Crippen molar-refractivity contribution in [2.75, 3.05) is 0 Å². The molecule has 0 saturated carbocycles. The van der Waals surface area contributed by atoms with Crippen LogP contribution in [0.25, 0.3) is 21.8 Å². The summed E-state index contributed by atoms with van der Waals surface area (Å²) in [5.41, 5.74) is 1.71. The minimum Gasteiger partial charge on any atom is -0.339 e. The number of benzene rings is 1. The maximum absolute atomic E-state index is 12.0. The first-order valence-corrected chi connectivity index (χ1v) is 5.09. The van der Waals surface area contributed by atoms with Crippen LogP contribution in [0.4, 0.5) is 0 Å². The van der Waals surface area contributed by atoms with E-state index in [4.69, 9.17) is 0 Å². The monoisotopic (exact) mass is 213 g/mol. The van der Waals surface area contributed by atoms with Crippen molar-refractivity contribution in [1.29, 1.82) is 0 Å². The van der Waals surface area contributed by atoms with Crippen LogP contribution in [-0.2, 0) is 14.1 Å². The third-order valence-electron chi connectivity index (χ3n) is 3.00. The molecule has 0 aliphatic rings. The quantitative estimate of drug-likeness (QED) is 0.566. The molecule has 3 rings (SSSR count). The third-order valence-corrected chi connectivity index (χ3v) is 3.00. The average Bonchev–Trinajstić information content (AvgIpc) is 2.59. The highest BCUT2D eigenvalue weighted by Gasteiger charge is 2.11. The zero-order valence-corrected chi connectivity index (χ0v) is 9.14. The zero-order valence-electron chi connectivity index (χ0n) is 9.14. The van der Waals surface area contributed by atoms with Crippen LogP contribution >= 0.6 is 0 Å². The first-order chi connectivity index (χ1) is 7.70. The van der Waals surface area contributed by atoms with Crippen molar-refractivity contribution in [1.82, 2.24) is 14.3 Å². The Bertz CT molecular complexity index is 752. The zero-order chi connectivity index (χ0) is 11.3. The summed E-state index contributed by atoms with van der Waals surface area (Å²) in [5.74, 6) is 0. The summed E-state index contributed by atoms with van der Waals surface area (Å²) in [6, 6.07) is 7.96. The molecule has 0 saturated heterocycles. The Labute approximate surface area is 91.7 Å². The molecule has 0 aliphatic carbocycles. The highest BCUT2D eigenvalue weighted by Crippen LogP contribution is 2.24. The fourth-order valence-electron chi connectivity index (χ4n) is 2.16. The van der Waals surface area contributed by atoms with E-state index in [2.05, 4.69) is 5.10 Å². The molecule has 0 unspecified atom stereocenters. The van der Waals surface area contributed by atoms with Crippen molar-refractivity contribution in [3.63, 3.8) is 0 Å². The number of aryl methyl sites for hydroxylation is 2. The third kappa shape index (κ3) is 0.984. The maximum atomic E-state index is 12.0. The normalized spacial score (nSPS) is 11.4. The number of hydrogen-bond donors (Lipinski definition) is 0. The van der Waals surface area contributed by atoms with Gasteiger partial charge in [-0.25, -0.2) is 4.68 Å². The number of hydrogen-bond acceptors (Lipinski definition) is 2. The van der Waals surface area contributed by atoms with Gasteiger partial charge in [-0.05, 0) is 6.07 Å². The molecule has 4 heteroatoms. The van der Waals surface area contributed by atoms with E-state index in [9.17, 15) is 4.79 Å². The van der Waals surface area contributed by atoms with Crippen LogP contribution < -0.4 is 5.56 Å². The SMILES string of the molecule is Cn1ncc2c3ccccc3n(C)c2c1=O. The van der Waals surface area contributed by atoms with Crippen molar-refractivity contribution < 1.29 is 0 Å². The van der Waals surface area contributed by atoms with Crippen LogP contribution in [0.3, 0.4) is 0 Å². The summed E-state index contributed by atoms with van der Waals surface area (Å²) in [5, 5.41) is 6.05. The average molecular weight is 213 g/mol. The molecule has 2 heterocycles. The van der Waals surface area contributed by atoms with Crippen LogP contribution in [0.5, 0.6) is 0 Å². The number of para-hydroxylation sites is 1. The van der Waals surface area contributed by atoms with E-state index in [0.717, 1.165) is 16.3 Å². The van der Waals surface area contributed by atoms with Crippen molar-refractivity contribution in [2.24, 2.45) is 14.1 Å². The second-order valence-corrected chi connectivity index (χ2v) is 3.91. The second-order valence-electron chi connectivity index (χ2n) is 3.91. The molecule has 4 nitrogen and oxygen atoms in total. The van der Waals surface area contributed by atoms with Crippen molar-refractivity contribution >= 4 is 21.8 Å². The summed E-state index contributed by atoms with van der Waals surface area (Å²) in [6.45, 7) is 0. The number of rotatable bonds is 0. The molecular formula is C12H11N3O. The highest BCUT2D eigenvalue weighted by molar-refractivity contribution is 6.07. The Kier molecular flexibility index (Phi) is 1.68. The minimum absolute atomic E-state index is 0.0591. The molecule has 0 aliphatic heterocycles. The molecule has 3 aromatic rings. The predicted octanol–water partition coefficient (Wildman–Crippen LogP) is 1.43. The summed E-state index contributed by atoms with van der Waals surface area (Å²) < 4.78 is 3.29. The lowest BCUT2D eigenvalue weighted by Gasteiger charge is -1.98. The van der Waals surface area contributed by atoms with Crippen LogP contribution in [0.15, 0.2) is 35.3 Å². The lowest BCUT2D eigenvalue weighted by molar-refractivity contribution is 0.713. The van der Waals surface area contributed by atoms with Gasteiger partial charge >= 0.3 is 0 Å². The largest absolute Gasteiger partial charge is 0.339 e. The molecule has 16 heavy (non-hydrogen) atoms. The van der Waals surface area contributed by atoms with Crippen molar-refractivity contribution in [3.8, 4) is 0 Å². The molecule has 0 atom stereocenters. The second kappa shape index (κ2) is 2.95. The van der Waals surface area contributed by atoms with Crippen LogP contribution in [-0.4, -0.2) is 14.3 Å². The molecular weight excluding hydrogens is 202 g/mol. The van der Waals surface area contributed by atoms with Gasteiger partial charge in [0.2, 0.25) is 0 Å². The van der Waals surface area contributed by atoms with Gasteiger partial charge in [-0.15, -0.1) is 0 Å². The Morgan fingerprint density at radius 2 is 1.88 bits per heavy atom. The molecule has 0 radical (unpaired) electrons. The van der Waals surface area contributed by atoms with E-state index in [-0.39, 0.29) is 5.56 Å². The van der Waals surface area contributed by atoms with Gasteiger partial charge in [-0.3, -0.25) is 4.79 Å². The Morgan fingerprint density at radius 1 is 1.12 bits per heavy atom. The van der Waals surface area contributed by atoms with E-state index in [1.807, 2.05) is 35.9 Å². The van der Waals surface area contributed by atoms with E-state index in [0.29, 0.717) is 5.52 Å². The predicted molar refractivity (Wildman–Crippen MR) is 63.5 cm³/mol. The topological polar surface area (TPSA) is 39.8 Å². The summed E-state index contributed by atoms with van der Waals surface area (Å²) >= 11 is 0. The first kappa shape index (κ1) is 9.15. The van der Waals surface area contributed by atoms with Crippen LogP contribution in [0, 0.1) is 0 Å². The van der Waals surface area contributed by atoms with Gasteiger partial charge in [-0.1, -0.05) is 18.2 Å². The molecule has 2 aromatic heterocycles.